The number of ether oxygens (including phenoxy) is 1. The molecule has 1 aromatic carbocycles. The van der Waals surface area contributed by atoms with Crippen molar-refractivity contribution in [3.05, 3.63) is 23.8 Å². The number of hydrogen-bond acceptors (Lipinski definition) is 5. The first-order valence-electron chi connectivity index (χ1n) is 6.40. The monoisotopic (exact) mass is 282 g/mol. The second-order valence-electron chi connectivity index (χ2n) is 4.32. The molecule has 0 heterocycles. The minimum absolute atomic E-state index is 0.314. The number of rotatable bonds is 7. The van der Waals surface area contributed by atoms with Crippen molar-refractivity contribution >= 4 is 29.1 Å². The number of carbonyl (C=O) groups is 1. The summed E-state index contributed by atoms with van der Waals surface area (Å²) in [5, 5.41) is 3.34. The van der Waals surface area contributed by atoms with E-state index < -0.39 is 0 Å². The predicted octanol–water partition coefficient (Wildman–Crippen LogP) is 3.00. The minimum Gasteiger partial charge on any atom is -0.465 e. The molecule has 0 aliphatic heterocycles. The molecule has 1 unspecified atom stereocenters. The molecule has 0 aromatic heterocycles. The molecular weight excluding hydrogens is 260 g/mol. The lowest BCUT2D eigenvalue weighted by Crippen LogP contribution is -2.17. The van der Waals surface area contributed by atoms with Gasteiger partial charge in [0.25, 0.3) is 0 Å². The number of benzene rings is 1. The van der Waals surface area contributed by atoms with Crippen LogP contribution in [0, 0.1) is 0 Å². The first-order valence-corrected chi connectivity index (χ1v) is 7.56. The Morgan fingerprint density at radius 3 is 2.89 bits per heavy atom. The van der Waals surface area contributed by atoms with E-state index in [0.29, 0.717) is 17.3 Å². The van der Waals surface area contributed by atoms with Gasteiger partial charge in [-0.25, -0.2) is 4.79 Å². The van der Waals surface area contributed by atoms with Crippen LogP contribution in [0.5, 0.6) is 0 Å². The minimum atomic E-state index is -0.350. The van der Waals surface area contributed by atoms with E-state index in [2.05, 4.69) is 19.2 Å². The molecule has 0 amide bonds. The van der Waals surface area contributed by atoms with Gasteiger partial charge in [-0.05, 0) is 43.0 Å². The van der Waals surface area contributed by atoms with Crippen LogP contribution in [0.15, 0.2) is 18.2 Å². The van der Waals surface area contributed by atoms with Crippen molar-refractivity contribution in [3.8, 4) is 0 Å². The van der Waals surface area contributed by atoms with Crippen LogP contribution in [0.2, 0.25) is 0 Å². The fourth-order valence-electron chi connectivity index (χ4n) is 1.67. The van der Waals surface area contributed by atoms with Crippen LogP contribution in [-0.2, 0) is 4.74 Å². The summed E-state index contributed by atoms with van der Waals surface area (Å²) in [4.78, 5) is 11.5. The maximum absolute atomic E-state index is 11.5. The zero-order valence-electron chi connectivity index (χ0n) is 11.7. The number of nitrogen functional groups attached to an aromatic ring is 1. The average molecular weight is 282 g/mol. The Morgan fingerprint density at radius 2 is 2.26 bits per heavy atom. The lowest BCUT2D eigenvalue weighted by atomic mass is 10.1. The first-order chi connectivity index (χ1) is 9.08. The molecule has 0 saturated heterocycles. The van der Waals surface area contributed by atoms with Crippen molar-refractivity contribution < 1.29 is 9.53 Å². The second kappa shape index (κ2) is 7.94. The molecule has 0 aliphatic carbocycles. The van der Waals surface area contributed by atoms with Gasteiger partial charge in [0.1, 0.15) is 0 Å². The number of carbonyl (C=O) groups excluding carboxylic acids is 1. The average Bonchev–Trinajstić information content (AvgIpc) is 2.40. The van der Waals surface area contributed by atoms with E-state index in [4.69, 9.17) is 10.5 Å². The smallest absolute Gasteiger partial charge is 0.337 e. The number of methoxy groups -OCH3 is 1. The van der Waals surface area contributed by atoms with Crippen molar-refractivity contribution in [1.29, 1.82) is 0 Å². The summed E-state index contributed by atoms with van der Waals surface area (Å²) in [6.45, 7) is 4.26. The van der Waals surface area contributed by atoms with Gasteiger partial charge >= 0.3 is 5.97 Å². The molecule has 0 aliphatic rings. The van der Waals surface area contributed by atoms with E-state index in [0.717, 1.165) is 23.6 Å². The zero-order valence-corrected chi connectivity index (χ0v) is 12.5. The molecule has 3 N–H and O–H groups in total. The summed E-state index contributed by atoms with van der Waals surface area (Å²) in [7, 11) is 1.37. The molecule has 19 heavy (non-hydrogen) atoms. The molecule has 1 atom stereocenters. The lowest BCUT2D eigenvalue weighted by molar-refractivity contribution is 0.0601. The Morgan fingerprint density at radius 1 is 1.53 bits per heavy atom. The third-order valence-corrected chi connectivity index (χ3v) is 3.71. The Bertz CT molecular complexity index is 424. The fraction of sp³-hybridized carbons (Fsp3) is 0.500. The summed E-state index contributed by atoms with van der Waals surface area (Å²) in [5.41, 5.74) is 7.85. The Hall–Kier alpha value is -1.36. The van der Waals surface area contributed by atoms with Crippen LogP contribution in [0.1, 0.15) is 30.6 Å². The molecule has 1 rings (SSSR count). The predicted molar refractivity (Wildman–Crippen MR) is 82.9 cm³/mol. The highest BCUT2D eigenvalue weighted by atomic mass is 32.2. The van der Waals surface area contributed by atoms with E-state index >= 15 is 0 Å². The van der Waals surface area contributed by atoms with Gasteiger partial charge in [-0.15, -0.1) is 0 Å². The molecule has 106 valence electrons. The molecule has 0 saturated carbocycles. The standard InChI is InChI=1S/C14H22N2O2S/c1-4-19-8-7-10(2)16-13-9-11(14(17)18-3)5-6-12(13)15/h5-6,9-10,16H,4,7-8,15H2,1-3H3. The number of nitrogens with one attached hydrogen (secondary N) is 1. The molecule has 0 radical (unpaired) electrons. The zero-order chi connectivity index (χ0) is 14.3. The van der Waals surface area contributed by atoms with Crippen LogP contribution in [-0.4, -0.2) is 30.6 Å². The van der Waals surface area contributed by atoms with E-state index in [9.17, 15) is 4.79 Å². The van der Waals surface area contributed by atoms with Gasteiger partial charge in [-0.3, -0.25) is 0 Å². The van der Waals surface area contributed by atoms with E-state index in [-0.39, 0.29) is 5.97 Å². The summed E-state index contributed by atoms with van der Waals surface area (Å²) < 4.78 is 4.70. The number of anilines is 2. The van der Waals surface area contributed by atoms with Gasteiger partial charge in [0.2, 0.25) is 0 Å². The molecule has 0 bridgehead atoms. The van der Waals surface area contributed by atoms with Crippen molar-refractivity contribution in [2.75, 3.05) is 29.7 Å². The van der Waals surface area contributed by atoms with Gasteiger partial charge in [-0.1, -0.05) is 6.92 Å². The van der Waals surface area contributed by atoms with Crippen molar-refractivity contribution in [2.45, 2.75) is 26.3 Å². The van der Waals surface area contributed by atoms with Crippen LogP contribution in [0.25, 0.3) is 0 Å². The summed E-state index contributed by atoms with van der Waals surface area (Å²) >= 11 is 1.92. The highest BCUT2D eigenvalue weighted by Crippen LogP contribution is 2.22. The van der Waals surface area contributed by atoms with Gasteiger partial charge in [0.15, 0.2) is 0 Å². The SMILES string of the molecule is CCSCCC(C)Nc1cc(C(=O)OC)ccc1N. The van der Waals surface area contributed by atoms with E-state index in [1.54, 1.807) is 18.2 Å². The highest BCUT2D eigenvalue weighted by Gasteiger charge is 2.10. The van der Waals surface area contributed by atoms with Crippen LogP contribution >= 0.6 is 11.8 Å². The second-order valence-corrected chi connectivity index (χ2v) is 5.72. The number of esters is 1. The van der Waals surface area contributed by atoms with Crippen molar-refractivity contribution in [2.24, 2.45) is 0 Å². The molecular formula is C14H22N2O2S. The maximum atomic E-state index is 11.5. The van der Waals surface area contributed by atoms with Crippen LogP contribution in [0.3, 0.4) is 0 Å². The number of thioether (sulfide) groups is 1. The third kappa shape index (κ3) is 5.03. The topological polar surface area (TPSA) is 64.3 Å². The Labute approximate surface area is 119 Å². The maximum Gasteiger partial charge on any atom is 0.337 e. The number of nitrogens with two attached hydrogens (primary N) is 1. The van der Waals surface area contributed by atoms with Gasteiger partial charge in [-0.2, -0.15) is 11.8 Å². The first kappa shape index (κ1) is 15.7. The Balaban J connectivity index is 2.68. The number of hydrogen-bond donors (Lipinski definition) is 2. The van der Waals surface area contributed by atoms with Crippen molar-refractivity contribution in [1.82, 2.24) is 0 Å². The van der Waals surface area contributed by atoms with Gasteiger partial charge < -0.3 is 15.8 Å². The van der Waals surface area contributed by atoms with Gasteiger partial charge in [0.05, 0.1) is 24.0 Å². The summed E-state index contributed by atoms with van der Waals surface area (Å²) in [6.07, 6.45) is 1.06. The van der Waals surface area contributed by atoms with Crippen LogP contribution < -0.4 is 11.1 Å². The van der Waals surface area contributed by atoms with Crippen molar-refractivity contribution in [3.63, 3.8) is 0 Å². The van der Waals surface area contributed by atoms with Gasteiger partial charge in [0, 0.05) is 6.04 Å². The highest BCUT2D eigenvalue weighted by molar-refractivity contribution is 7.99. The Kier molecular flexibility index (Phi) is 6.56. The summed E-state index contributed by atoms with van der Waals surface area (Å²) in [5.74, 6) is 1.89. The lowest BCUT2D eigenvalue weighted by Gasteiger charge is -2.17. The molecule has 1 aromatic rings. The van der Waals surface area contributed by atoms with Crippen LogP contribution in [0.4, 0.5) is 11.4 Å². The molecule has 0 spiro atoms. The van der Waals surface area contributed by atoms with E-state index in [1.165, 1.54) is 7.11 Å². The largest absolute Gasteiger partial charge is 0.465 e. The normalized spacial score (nSPS) is 11.9. The molecule has 4 nitrogen and oxygen atoms in total. The fourth-order valence-corrected chi connectivity index (χ4v) is 2.48. The molecule has 0 fully saturated rings. The molecule has 5 heteroatoms. The summed E-state index contributed by atoms with van der Waals surface area (Å²) in [6, 6.07) is 5.45. The third-order valence-electron chi connectivity index (χ3n) is 2.78. The quantitative estimate of drug-likeness (QED) is 0.457. The van der Waals surface area contributed by atoms with E-state index in [1.807, 2.05) is 11.8 Å².